The average Bonchev–Trinajstić information content (AvgIpc) is 2.35. The number of amides is 2. The van der Waals surface area contributed by atoms with Gasteiger partial charge in [0, 0.05) is 6.04 Å². The van der Waals surface area contributed by atoms with E-state index in [9.17, 15) is 9.59 Å². The molecule has 4 unspecified atom stereocenters. The van der Waals surface area contributed by atoms with Gasteiger partial charge in [0.15, 0.2) is 0 Å². The molecule has 1 saturated heterocycles. The van der Waals surface area contributed by atoms with Crippen molar-refractivity contribution in [1.82, 2.24) is 10.2 Å². The molecule has 19 heavy (non-hydrogen) atoms. The average molecular weight is 266 g/mol. The first-order valence-electron chi connectivity index (χ1n) is 7.52. The van der Waals surface area contributed by atoms with E-state index in [0.29, 0.717) is 11.8 Å². The van der Waals surface area contributed by atoms with Crippen LogP contribution in [0.5, 0.6) is 0 Å². The third-order valence-electron chi connectivity index (χ3n) is 4.92. The molecule has 2 aliphatic rings. The quantitative estimate of drug-likeness (QED) is 0.828. The van der Waals surface area contributed by atoms with Crippen LogP contribution in [0.3, 0.4) is 0 Å². The second kappa shape index (κ2) is 5.51. The standard InChI is InChI=1S/C15H26N2O2/c1-9(2)14-15(19)16-8-13(18)17(14)12-7-5-6-10(3)11(12)4/h9-12,14H,5-8H2,1-4H3,(H,16,19). The van der Waals surface area contributed by atoms with Crippen LogP contribution >= 0.6 is 0 Å². The van der Waals surface area contributed by atoms with Crippen molar-refractivity contribution in [2.75, 3.05) is 6.54 Å². The Balaban J connectivity index is 2.27. The summed E-state index contributed by atoms with van der Waals surface area (Å²) < 4.78 is 0. The van der Waals surface area contributed by atoms with Gasteiger partial charge in [0.25, 0.3) is 0 Å². The predicted molar refractivity (Wildman–Crippen MR) is 74.4 cm³/mol. The van der Waals surface area contributed by atoms with Gasteiger partial charge in [-0.25, -0.2) is 0 Å². The van der Waals surface area contributed by atoms with Crippen LogP contribution in [0, 0.1) is 17.8 Å². The van der Waals surface area contributed by atoms with Gasteiger partial charge in [-0.15, -0.1) is 0 Å². The second-order valence-electron chi connectivity index (χ2n) is 6.54. The van der Waals surface area contributed by atoms with Crippen molar-refractivity contribution in [3.63, 3.8) is 0 Å². The van der Waals surface area contributed by atoms with Crippen LogP contribution in [0.25, 0.3) is 0 Å². The largest absolute Gasteiger partial charge is 0.345 e. The predicted octanol–water partition coefficient (Wildman–Crippen LogP) is 1.79. The maximum absolute atomic E-state index is 12.3. The number of carbonyl (C=O) groups excluding carboxylic acids is 2. The lowest BCUT2D eigenvalue weighted by Crippen LogP contribution is -2.64. The highest BCUT2D eigenvalue weighted by atomic mass is 16.2. The van der Waals surface area contributed by atoms with Crippen molar-refractivity contribution in [2.24, 2.45) is 17.8 Å². The van der Waals surface area contributed by atoms with E-state index in [0.717, 1.165) is 12.8 Å². The number of piperazine rings is 1. The number of carbonyl (C=O) groups is 2. The van der Waals surface area contributed by atoms with Gasteiger partial charge in [0.1, 0.15) is 6.04 Å². The summed E-state index contributed by atoms with van der Waals surface area (Å²) in [6.45, 7) is 8.70. The van der Waals surface area contributed by atoms with E-state index >= 15 is 0 Å². The summed E-state index contributed by atoms with van der Waals surface area (Å²) in [5, 5.41) is 2.73. The van der Waals surface area contributed by atoms with Gasteiger partial charge in [-0.2, -0.15) is 0 Å². The molecule has 2 amide bonds. The molecule has 1 N–H and O–H groups in total. The van der Waals surface area contributed by atoms with Crippen molar-refractivity contribution in [1.29, 1.82) is 0 Å². The molecule has 0 radical (unpaired) electrons. The summed E-state index contributed by atoms with van der Waals surface area (Å²) in [5.41, 5.74) is 0. The first kappa shape index (κ1) is 14.4. The number of nitrogens with zero attached hydrogens (tertiary/aromatic N) is 1. The van der Waals surface area contributed by atoms with Crippen molar-refractivity contribution in [3.8, 4) is 0 Å². The molecule has 0 bridgehead atoms. The van der Waals surface area contributed by atoms with Gasteiger partial charge in [-0.1, -0.05) is 40.5 Å². The van der Waals surface area contributed by atoms with Crippen LogP contribution < -0.4 is 5.32 Å². The first-order valence-corrected chi connectivity index (χ1v) is 7.52. The van der Waals surface area contributed by atoms with Gasteiger partial charge >= 0.3 is 0 Å². The Hall–Kier alpha value is -1.06. The fourth-order valence-corrected chi connectivity index (χ4v) is 3.60. The molecule has 0 aromatic carbocycles. The molecular formula is C15H26N2O2. The van der Waals surface area contributed by atoms with E-state index in [1.807, 2.05) is 18.7 Å². The molecule has 0 spiro atoms. The molecule has 1 aliphatic carbocycles. The van der Waals surface area contributed by atoms with Crippen LogP contribution in [0.4, 0.5) is 0 Å². The number of nitrogens with one attached hydrogen (secondary N) is 1. The molecule has 2 rings (SSSR count). The SMILES string of the molecule is CC(C)C1C(=O)NCC(=O)N1C1CCCC(C)C1C. The highest BCUT2D eigenvalue weighted by Crippen LogP contribution is 2.35. The molecular weight excluding hydrogens is 240 g/mol. The lowest BCUT2D eigenvalue weighted by Gasteiger charge is -2.47. The summed E-state index contributed by atoms with van der Waals surface area (Å²) in [4.78, 5) is 26.3. The summed E-state index contributed by atoms with van der Waals surface area (Å²) in [7, 11) is 0. The minimum absolute atomic E-state index is 0.0139. The Morgan fingerprint density at radius 3 is 2.53 bits per heavy atom. The zero-order valence-electron chi connectivity index (χ0n) is 12.5. The Kier molecular flexibility index (Phi) is 4.16. The van der Waals surface area contributed by atoms with Gasteiger partial charge in [-0.05, 0) is 24.2 Å². The maximum atomic E-state index is 12.3. The molecule has 2 fully saturated rings. The van der Waals surface area contributed by atoms with Crippen molar-refractivity contribution < 1.29 is 9.59 Å². The van der Waals surface area contributed by atoms with Crippen LogP contribution in [0.15, 0.2) is 0 Å². The van der Waals surface area contributed by atoms with E-state index < -0.39 is 0 Å². The molecule has 1 saturated carbocycles. The van der Waals surface area contributed by atoms with Gasteiger partial charge in [-0.3, -0.25) is 9.59 Å². The van der Waals surface area contributed by atoms with Gasteiger partial charge in [0.2, 0.25) is 11.8 Å². The van der Waals surface area contributed by atoms with E-state index in [4.69, 9.17) is 0 Å². The summed E-state index contributed by atoms with van der Waals surface area (Å²) in [6, 6.07) is -0.0614. The first-order chi connectivity index (χ1) is 8.93. The van der Waals surface area contributed by atoms with E-state index in [2.05, 4.69) is 19.2 Å². The van der Waals surface area contributed by atoms with Crippen LogP contribution in [0.1, 0.15) is 47.0 Å². The number of hydrogen-bond donors (Lipinski definition) is 1. The highest BCUT2D eigenvalue weighted by Gasteiger charge is 2.43. The van der Waals surface area contributed by atoms with Gasteiger partial charge < -0.3 is 10.2 Å². The topological polar surface area (TPSA) is 49.4 Å². The Morgan fingerprint density at radius 1 is 1.21 bits per heavy atom. The Morgan fingerprint density at radius 2 is 1.89 bits per heavy atom. The number of rotatable bonds is 2. The lowest BCUT2D eigenvalue weighted by molar-refractivity contribution is -0.153. The summed E-state index contributed by atoms with van der Waals surface area (Å²) in [5.74, 6) is 1.37. The normalized spacial score (nSPS) is 36.6. The zero-order chi connectivity index (χ0) is 14.2. The molecule has 0 aromatic rings. The monoisotopic (exact) mass is 266 g/mol. The highest BCUT2D eigenvalue weighted by molar-refractivity contribution is 5.95. The molecule has 0 aromatic heterocycles. The van der Waals surface area contributed by atoms with Crippen LogP contribution in [-0.2, 0) is 9.59 Å². The minimum atomic E-state index is -0.293. The minimum Gasteiger partial charge on any atom is -0.345 e. The smallest absolute Gasteiger partial charge is 0.243 e. The molecule has 4 nitrogen and oxygen atoms in total. The fourth-order valence-electron chi connectivity index (χ4n) is 3.60. The summed E-state index contributed by atoms with van der Waals surface area (Å²) in [6.07, 6.45) is 3.43. The zero-order valence-corrected chi connectivity index (χ0v) is 12.5. The van der Waals surface area contributed by atoms with Crippen molar-refractivity contribution in [2.45, 2.75) is 59.0 Å². The third kappa shape index (κ3) is 2.63. The molecule has 1 aliphatic heterocycles. The molecule has 4 atom stereocenters. The summed E-state index contributed by atoms with van der Waals surface area (Å²) >= 11 is 0. The van der Waals surface area contributed by atoms with Crippen LogP contribution in [0.2, 0.25) is 0 Å². The Labute approximate surface area is 115 Å². The fraction of sp³-hybridized carbons (Fsp3) is 0.867. The third-order valence-corrected chi connectivity index (χ3v) is 4.92. The maximum Gasteiger partial charge on any atom is 0.243 e. The second-order valence-corrected chi connectivity index (χ2v) is 6.54. The van der Waals surface area contributed by atoms with Crippen molar-refractivity contribution in [3.05, 3.63) is 0 Å². The van der Waals surface area contributed by atoms with E-state index in [1.165, 1.54) is 6.42 Å². The van der Waals surface area contributed by atoms with E-state index in [1.54, 1.807) is 0 Å². The molecule has 4 heteroatoms. The number of hydrogen-bond acceptors (Lipinski definition) is 2. The Bertz CT molecular complexity index is 367. The lowest BCUT2D eigenvalue weighted by atomic mass is 9.76. The van der Waals surface area contributed by atoms with E-state index in [-0.39, 0.29) is 36.4 Å². The van der Waals surface area contributed by atoms with Crippen LogP contribution in [-0.4, -0.2) is 35.3 Å². The molecule has 108 valence electrons. The van der Waals surface area contributed by atoms with Crippen molar-refractivity contribution >= 4 is 11.8 Å². The van der Waals surface area contributed by atoms with Gasteiger partial charge in [0.05, 0.1) is 6.54 Å². The molecule has 1 heterocycles.